The first-order valence-corrected chi connectivity index (χ1v) is 9.55. The molecule has 3 aromatic rings. The summed E-state index contributed by atoms with van der Waals surface area (Å²) >= 11 is -1.13. The van der Waals surface area contributed by atoms with Gasteiger partial charge in [0.05, 0.1) is 0 Å². The zero-order valence-electron chi connectivity index (χ0n) is 14.9. The molecule has 1 unspecified atom stereocenters. The molecule has 1 atom stereocenters. The SMILES string of the molecule is CCn1cc(CCNS(=O)N(C)C)c2ccc(-c3ccncc3)cc21. The van der Waals surface area contributed by atoms with Crippen LogP contribution in [0.1, 0.15) is 12.5 Å². The van der Waals surface area contributed by atoms with Crippen molar-refractivity contribution in [2.75, 3.05) is 20.6 Å². The van der Waals surface area contributed by atoms with Crippen molar-refractivity contribution >= 4 is 22.1 Å². The Balaban J connectivity index is 1.87. The number of benzene rings is 1. The van der Waals surface area contributed by atoms with Crippen LogP contribution in [0.3, 0.4) is 0 Å². The third-order valence-electron chi connectivity index (χ3n) is 4.27. The van der Waals surface area contributed by atoms with Crippen LogP contribution < -0.4 is 4.72 Å². The Labute approximate surface area is 151 Å². The van der Waals surface area contributed by atoms with E-state index in [2.05, 4.69) is 45.6 Å². The Morgan fingerprint density at radius 1 is 1.16 bits per heavy atom. The maximum Gasteiger partial charge on any atom is 0.169 e. The molecule has 2 aromatic heterocycles. The lowest BCUT2D eigenvalue weighted by Crippen LogP contribution is -2.30. The van der Waals surface area contributed by atoms with E-state index in [1.807, 2.05) is 24.5 Å². The second-order valence-corrected chi connectivity index (χ2v) is 7.63. The number of fused-ring (bicyclic) bond motifs is 1. The molecule has 3 rings (SSSR count). The minimum Gasteiger partial charge on any atom is -0.347 e. The summed E-state index contributed by atoms with van der Waals surface area (Å²) in [6, 6.07) is 10.6. The topological polar surface area (TPSA) is 50.2 Å². The molecule has 0 spiro atoms. The molecule has 1 N–H and O–H groups in total. The number of nitrogens with one attached hydrogen (secondary N) is 1. The third kappa shape index (κ3) is 3.98. The molecule has 0 saturated heterocycles. The van der Waals surface area contributed by atoms with Crippen molar-refractivity contribution < 1.29 is 4.21 Å². The first kappa shape index (κ1) is 17.8. The highest BCUT2D eigenvalue weighted by Gasteiger charge is 2.10. The molecule has 0 aliphatic heterocycles. The molecule has 5 nitrogen and oxygen atoms in total. The fraction of sp³-hybridized carbons (Fsp3) is 0.316. The third-order valence-corrected chi connectivity index (χ3v) is 5.39. The normalized spacial score (nSPS) is 12.8. The number of nitrogens with zero attached hydrogens (tertiary/aromatic N) is 3. The van der Waals surface area contributed by atoms with Gasteiger partial charge in [0, 0.05) is 56.7 Å². The van der Waals surface area contributed by atoms with Crippen LogP contribution in [0.5, 0.6) is 0 Å². The standard InChI is InChI=1S/C19H24N4OS/c1-4-23-14-17(9-12-21-25(24)22(2)3)18-6-5-16(13-19(18)23)15-7-10-20-11-8-15/h5-8,10-11,13-14,21H,4,9,12H2,1-3H3. The molecule has 0 radical (unpaired) electrons. The van der Waals surface area contributed by atoms with E-state index in [-0.39, 0.29) is 0 Å². The second-order valence-electron chi connectivity index (χ2n) is 6.11. The highest BCUT2D eigenvalue weighted by molar-refractivity contribution is 7.80. The van der Waals surface area contributed by atoms with Crippen molar-refractivity contribution in [3.05, 3.63) is 54.5 Å². The minimum absolute atomic E-state index is 0.680. The molecule has 1 aromatic carbocycles. The second kappa shape index (κ2) is 7.91. The predicted molar refractivity (Wildman–Crippen MR) is 104 cm³/mol. The number of rotatable bonds is 7. The fourth-order valence-electron chi connectivity index (χ4n) is 2.95. The Hall–Kier alpha value is -2.02. The summed E-state index contributed by atoms with van der Waals surface area (Å²) in [4.78, 5) is 4.09. The smallest absolute Gasteiger partial charge is 0.169 e. The summed E-state index contributed by atoms with van der Waals surface area (Å²) in [5, 5.41) is 1.26. The van der Waals surface area contributed by atoms with Gasteiger partial charge >= 0.3 is 0 Å². The Kier molecular flexibility index (Phi) is 5.63. The quantitative estimate of drug-likeness (QED) is 0.707. The van der Waals surface area contributed by atoms with E-state index in [1.165, 1.54) is 27.6 Å². The van der Waals surface area contributed by atoms with Crippen LogP contribution in [0, 0.1) is 0 Å². The highest BCUT2D eigenvalue weighted by Crippen LogP contribution is 2.28. The van der Waals surface area contributed by atoms with Crippen molar-refractivity contribution in [3.63, 3.8) is 0 Å². The minimum atomic E-state index is -1.13. The van der Waals surface area contributed by atoms with E-state index in [0.29, 0.717) is 6.54 Å². The van der Waals surface area contributed by atoms with E-state index in [4.69, 9.17) is 0 Å². The van der Waals surface area contributed by atoms with Crippen LogP contribution >= 0.6 is 0 Å². The van der Waals surface area contributed by atoms with Gasteiger partial charge in [-0.2, -0.15) is 0 Å². The monoisotopic (exact) mass is 356 g/mol. The van der Waals surface area contributed by atoms with Crippen molar-refractivity contribution in [1.29, 1.82) is 0 Å². The Morgan fingerprint density at radius 3 is 2.60 bits per heavy atom. The molecule has 0 fully saturated rings. The summed E-state index contributed by atoms with van der Waals surface area (Å²) in [5.41, 5.74) is 4.88. The lowest BCUT2D eigenvalue weighted by molar-refractivity contribution is 0.588. The average molecular weight is 356 g/mol. The number of aromatic nitrogens is 2. The van der Waals surface area contributed by atoms with Gasteiger partial charge in [-0.05, 0) is 48.2 Å². The van der Waals surface area contributed by atoms with Gasteiger partial charge < -0.3 is 4.57 Å². The number of pyridine rings is 1. The van der Waals surface area contributed by atoms with Gasteiger partial charge in [-0.15, -0.1) is 0 Å². The first-order chi connectivity index (χ1) is 12.1. The predicted octanol–water partition coefficient (Wildman–Crippen LogP) is 3.00. The lowest BCUT2D eigenvalue weighted by Gasteiger charge is -2.09. The van der Waals surface area contributed by atoms with Crippen molar-refractivity contribution in [2.24, 2.45) is 0 Å². The first-order valence-electron chi connectivity index (χ1n) is 8.45. The van der Waals surface area contributed by atoms with Crippen molar-refractivity contribution in [1.82, 2.24) is 18.6 Å². The van der Waals surface area contributed by atoms with E-state index in [0.717, 1.165) is 13.0 Å². The van der Waals surface area contributed by atoms with Crippen LogP contribution in [0.25, 0.3) is 22.0 Å². The van der Waals surface area contributed by atoms with Gasteiger partial charge in [0.2, 0.25) is 0 Å². The molecule has 0 aliphatic carbocycles. The molecule has 0 amide bonds. The van der Waals surface area contributed by atoms with Crippen LogP contribution in [-0.2, 0) is 24.1 Å². The molecule has 132 valence electrons. The van der Waals surface area contributed by atoms with Crippen LogP contribution in [-0.4, -0.2) is 38.7 Å². The lowest BCUT2D eigenvalue weighted by atomic mass is 10.0. The molecule has 25 heavy (non-hydrogen) atoms. The van der Waals surface area contributed by atoms with Crippen molar-refractivity contribution in [2.45, 2.75) is 19.9 Å². The van der Waals surface area contributed by atoms with Gasteiger partial charge in [0.1, 0.15) is 0 Å². The summed E-state index contributed by atoms with van der Waals surface area (Å²) in [5.74, 6) is 0. The average Bonchev–Trinajstić information content (AvgIpc) is 2.99. The molecule has 6 heteroatoms. The summed E-state index contributed by atoms with van der Waals surface area (Å²) in [6.45, 7) is 3.76. The van der Waals surface area contributed by atoms with E-state index < -0.39 is 11.2 Å². The summed E-state index contributed by atoms with van der Waals surface area (Å²) in [6.07, 6.45) is 6.69. The Morgan fingerprint density at radius 2 is 1.92 bits per heavy atom. The van der Waals surface area contributed by atoms with E-state index in [9.17, 15) is 4.21 Å². The van der Waals surface area contributed by atoms with Gasteiger partial charge in [0.15, 0.2) is 11.2 Å². The fourth-order valence-corrected chi connectivity index (χ4v) is 3.49. The van der Waals surface area contributed by atoms with Gasteiger partial charge in [-0.25, -0.2) is 13.2 Å². The molecule has 2 heterocycles. The van der Waals surface area contributed by atoms with Gasteiger partial charge in [-0.3, -0.25) is 4.98 Å². The van der Waals surface area contributed by atoms with Crippen LogP contribution in [0.4, 0.5) is 0 Å². The summed E-state index contributed by atoms with van der Waals surface area (Å²) in [7, 11) is 3.60. The maximum atomic E-state index is 11.8. The van der Waals surface area contributed by atoms with Crippen molar-refractivity contribution in [3.8, 4) is 11.1 Å². The zero-order chi connectivity index (χ0) is 17.8. The maximum absolute atomic E-state index is 11.8. The van der Waals surface area contributed by atoms with Crippen LogP contribution in [0.15, 0.2) is 48.9 Å². The summed E-state index contributed by atoms with van der Waals surface area (Å²) < 4.78 is 18.8. The zero-order valence-corrected chi connectivity index (χ0v) is 15.7. The molecule has 0 bridgehead atoms. The molecule has 0 aliphatic rings. The van der Waals surface area contributed by atoms with Gasteiger partial charge in [-0.1, -0.05) is 12.1 Å². The van der Waals surface area contributed by atoms with E-state index >= 15 is 0 Å². The number of aryl methyl sites for hydroxylation is 1. The Bertz CT molecular complexity index is 874. The highest BCUT2D eigenvalue weighted by atomic mass is 32.2. The van der Waals surface area contributed by atoms with E-state index in [1.54, 1.807) is 18.4 Å². The number of hydrogen-bond acceptors (Lipinski definition) is 2. The van der Waals surface area contributed by atoms with Crippen LogP contribution in [0.2, 0.25) is 0 Å². The molecular weight excluding hydrogens is 332 g/mol. The number of hydrogen-bond donors (Lipinski definition) is 1. The molecule has 0 saturated carbocycles. The largest absolute Gasteiger partial charge is 0.347 e. The molecular formula is C19H24N4OS. The van der Waals surface area contributed by atoms with Gasteiger partial charge in [0.25, 0.3) is 0 Å².